The van der Waals surface area contributed by atoms with Crippen molar-refractivity contribution in [1.82, 2.24) is 14.8 Å². The molecule has 0 fully saturated rings. The van der Waals surface area contributed by atoms with Crippen LogP contribution in [0.4, 0.5) is 0 Å². The highest BCUT2D eigenvalue weighted by Crippen LogP contribution is 2.17. The maximum atomic E-state index is 10.5. The monoisotopic (exact) mass is 187 g/mol. The summed E-state index contributed by atoms with van der Waals surface area (Å²) in [6.07, 6.45) is 7.65. The van der Waals surface area contributed by atoms with Gasteiger partial charge in [0.05, 0.1) is 6.20 Å². The Kier molecular flexibility index (Phi) is 2.10. The third kappa shape index (κ3) is 1.54. The molecule has 2 rings (SSSR count). The number of nitrogens with zero attached hydrogens (tertiary/aromatic N) is 3. The summed E-state index contributed by atoms with van der Waals surface area (Å²) in [5.74, 6) is 0. The van der Waals surface area contributed by atoms with Crippen LogP contribution in [0.3, 0.4) is 0 Å². The zero-order valence-corrected chi connectivity index (χ0v) is 7.71. The van der Waals surface area contributed by atoms with Crippen LogP contribution in [0.15, 0.2) is 30.9 Å². The third-order valence-electron chi connectivity index (χ3n) is 1.93. The molecule has 4 heteroatoms. The fourth-order valence-electron chi connectivity index (χ4n) is 1.25. The molecule has 14 heavy (non-hydrogen) atoms. The van der Waals surface area contributed by atoms with Gasteiger partial charge < -0.3 is 0 Å². The fraction of sp³-hybridized carbons (Fsp3) is 0.100. The molecule has 2 aromatic heterocycles. The van der Waals surface area contributed by atoms with Crippen molar-refractivity contribution in [3.05, 3.63) is 36.4 Å². The second-order valence-electron chi connectivity index (χ2n) is 3.03. The van der Waals surface area contributed by atoms with Gasteiger partial charge in [-0.25, -0.2) is 0 Å². The van der Waals surface area contributed by atoms with E-state index in [9.17, 15) is 4.79 Å². The Bertz CT molecular complexity index is 462. The van der Waals surface area contributed by atoms with E-state index < -0.39 is 0 Å². The number of hydrogen-bond acceptors (Lipinski definition) is 3. The van der Waals surface area contributed by atoms with E-state index in [1.165, 1.54) is 6.20 Å². The SMILES string of the molecule is Cn1cc(-c2cncc(C=O)c2)cn1. The fourth-order valence-corrected chi connectivity index (χ4v) is 1.25. The molecule has 0 amide bonds. The molecule has 0 radical (unpaired) electrons. The van der Waals surface area contributed by atoms with E-state index in [4.69, 9.17) is 0 Å². The third-order valence-corrected chi connectivity index (χ3v) is 1.93. The molecule has 4 nitrogen and oxygen atoms in total. The molecule has 0 saturated carbocycles. The molecule has 0 aliphatic rings. The number of aldehydes is 1. The number of carbonyl (C=O) groups excluding carboxylic acids is 1. The standard InChI is InChI=1S/C10H9N3O/c1-13-6-10(5-12-13)9-2-8(7-14)3-11-4-9/h2-7H,1H3. The summed E-state index contributed by atoms with van der Waals surface area (Å²) >= 11 is 0. The molecule has 0 aliphatic carbocycles. The highest BCUT2D eigenvalue weighted by atomic mass is 16.1. The first-order chi connectivity index (χ1) is 6.79. The first kappa shape index (κ1) is 8.62. The number of carbonyl (C=O) groups is 1. The van der Waals surface area contributed by atoms with Gasteiger partial charge in [0.15, 0.2) is 6.29 Å². The molecule has 2 heterocycles. The first-order valence-electron chi connectivity index (χ1n) is 4.19. The van der Waals surface area contributed by atoms with E-state index in [0.717, 1.165) is 17.4 Å². The Hall–Kier alpha value is -1.97. The van der Waals surface area contributed by atoms with E-state index >= 15 is 0 Å². The molecule has 0 unspecified atom stereocenters. The van der Waals surface area contributed by atoms with Gasteiger partial charge in [-0.3, -0.25) is 14.5 Å². The summed E-state index contributed by atoms with van der Waals surface area (Å²) in [7, 11) is 1.85. The molecule has 0 atom stereocenters. The minimum atomic E-state index is 0.575. The van der Waals surface area contributed by atoms with Gasteiger partial charge in [-0.15, -0.1) is 0 Å². The summed E-state index contributed by atoms with van der Waals surface area (Å²) < 4.78 is 1.71. The Morgan fingerprint density at radius 2 is 2.14 bits per heavy atom. The quantitative estimate of drug-likeness (QED) is 0.665. The summed E-state index contributed by atoms with van der Waals surface area (Å²) in [6.45, 7) is 0. The maximum absolute atomic E-state index is 10.5. The molecule has 70 valence electrons. The zero-order valence-electron chi connectivity index (χ0n) is 7.71. The normalized spacial score (nSPS) is 10.1. The van der Waals surface area contributed by atoms with E-state index in [2.05, 4.69) is 10.1 Å². The van der Waals surface area contributed by atoms with Crippen LogP contribution in [0.5, 0.6) is 0 Å². The van der Waals surface area contributed by atoms with Crippen LogP contribution in [0, 0.1) is 0 Å². The Balaban J connectivity index is 2.46. The lowest BCUT2D eigenvalue weighted by molar-refractivity contribution is 0.112. The predicted octanol–water partition coefficient (Wildman–Crippen LogP) is 1.29. The van der Waals surface area contributed by atoms with Crippen LogP contribution in [0.2, 0.25) is 0 Å². The molecule has 0 saturated heterocycles. The lowest BCUT2D eigenvalue weighted by Gasteiger charge is -1.96. The van der Waals surface area contributed by atoms with Crippen molar-refractivity contribution < 1.29 is 4.79 Å². The molecular formula is C10H9N3O. The van der Waals surface area contributed by atoms with Crippen molar-refractivity contribution in [2.24, 2.45) is 7.05 Å². The maximum Gasteiger partial charge on any atom is 0.151 e. The number of rotatable bonds is 2. The lowest BCUT2D eigenvalue weighted by Crippen LogP contribution is -1.85. The van der Waals surface area contributed by atoms with Gasteiger partial charge in [0.25, 0.3) is 0 Å². The number of hydrogen-bond donors (Lipinski definition) is 0. The van der Waals surface area contributed by atoms with Crippen molar-refractivity contribution >= 4 is 6.29 Å². The van der Waals surface area contributed by atoms with Crippen molar-refractivity contribution in [2.45, 2.75) is 0 Å². The van der Waals surface area contributed by atoms with Crippen molar-refractivity contribution in [1.29, 1.82) is 0 Å². The summed E-state index contributed by atoms with van der Waals surface area (Å²) in [6, 6.07) is 1.79. The van der Waals surface area contributed by atoms with Gasteiger partial charge >= 0.3 is 0 Å². The van der Waals surface area contributed by atoms with Crippen LogP contribution in [-0.2, 0) is 7.05 Å². The van der Waals surface area contributed by atoms with Crippen LogP contribution >= 0.6 is 0 Å². The Labute approximate surface area is 81.2 Å². The minimum absolute atomic E-state index is 0.575. The molecular weight excluding hydrogens is 178 g/mol. The molecule has 0 bridgehead atoms. The summed E-state index contributed by atoms with van der Waals surface area (Å²) in [5.41, 5.74) is 2.44. The van der Waals surface area contributed by atoms with Crippen LogP contribution in [-0.4, -0.2) is 21.1 Å². The summed E-state index contributed by atoms with van der Waals surface area (Å²) in [5, 5.41) is 4.05. The van der Waals surface area contributed by atoms with E-state index in [0.29, 0.717) is 5.56 Å². The van der Waals surface area contributed by atoms with E-state index in [1.54, 1.807) is 23.1 Å². The van der Waals surface area contributed by atoms with Gasteiger partial charge in [0.2, 0.25) is 0 Å². The summed E-state index contributed by atoms with van der Waals surface area (Å²) in [4.78, 5) is 14.5. The minimum Gasteiger partial charge on any atom is -0.298 e. The first-order valence-corrected chi connectivity index (χ1v) is 4.19. The Morgan fingerprint density at radius 1 is 1.29 bits per heavy atom. The average Bonchev–Trinajstić information content (AvgIpc) is 2.65. The molecule has 0 aromatic carbocycles. The second-order valence-corrected chi connectivity index (χ2v) is 3.03. The smallest absolute Gasteiger partial charge is 0.151 e. The van der Waals surface area contributed by atoms with Crippen molar-refractivity contribution in [3.8, 4) is 11.1 Å². The predicted molar refractivity (Wildman–Crippen MR) is 51.8 cm³/mol. The highest BCUT2D eigenvalue weighted by Gasteiger charge is 2.01. The number of pyridine rings is 1. The highest BCUT2D eigenvalue weighted by molar-refractivity contribution is 5.77. The van der Waals surface area contributed by atoms with Crippen molar-refractivity contribution in [3.63, 3.8) is 0 Å². The van der Waals surface area contributed by atoms with Crippen LogP contribution in [0.25, 0.3) is 11.1 Å². The Morgan fingerprint density at radius 3 is 2.79 bits per heavy atom. The van der Waals surface area contributed by atoms with Gasteiger partial charge in [0.1, 0.15) is 0 Å². The largest absolute Gasteiger partial charge is 0.298 e. The number of aromatic nitrogens is 3. The zero-order chi connectivity index (χ0) is 9.97. The van der Waals surface area contributed by atoms with Gasteiger partial charge in [-0.05, 0) is 6.07 Å². The van der Waals surface area contributed by atoms with E-state index in [1.807, 2.05) is 13.2 Å². The van der Waals surface area contributed by atoms with Crippen molar-refractivity contribution in [2.75, 3.05) is 0 Å². The molecule has 0 spiro atoms. The van der Waals surface area contributed by atoms with Crippen LogP contribution in [0.1, 0.15) is 10.4 Å². The molecule has 2 aromatic rings. The van der Waals surface area contributed by atoms with Crippen LogP contribution < -0.4 is 0 Å². The lowest BCUT2D eigenvalue weighted by atomic mass is 10.1. The average molecular weight is 187 g/mol. The van der Waals surface area contributed by atoms with Gasteiger partial charge in [-0.2, -0.15) is 5.10 Å². The van der Waals surface area contributed by atoms with E-state index in [-0.39, 0.29) is 0 Å². The molecule has 0 aliphatic heterocycles. The topological polar surface area (TPSA) is 47.8 Å². The second kappa shape index (κ2) is 3.41. The number of aryl methyl sites for hydroxylation is 1. The molecule has 0 N–H and O–H groups in total. The van der Waals surface area contributed by atoms with Gasteiger partial charge in [-0.1, -0.05) is 0 Å². The van der Waals surface area contributed by atoms with Gasteiger partial charge in [0, 0.05) is 42.3 Å².